The molecule has 0 aliphatic rings. The number of H-pyrrole nitrogens is 1. The van der Waals surface area contributed by atoms with E-state index in [4.69, 9.17) is 12.2 Å². The van der Waals surface area contributed by atoms with Crippen molar-refractivity contribution < 1.29 is 4.92 Å². The average Bonchev–Trinajstić information content (AvgIpc) is 2.68. The third-order valence-corrected chi connectivity index (χ3v) is 2.83. The molecule has 98 valence electrons. The molecule has 0 bridgehead atoms. The van der Waals surface area contributed by atoms with E-state index in [2.05, 4.69) is 15.3 Å². The van der Waals surface area contributed by atoms with Gasteiger partial charge < -0.3 is 0 Å². The van der Waals surface area contributed by atoms with Crippen LogP contribution in [0.3, 0.4) is 0 Å². The zero-order chi connectivity index (χ0) is 14.0. The van der Waals surface area contributed by atoms with Crippen molar-refractivity contribution in [2.24, 2.45) is 5.10 Å². The maximum absolute atomic E-state index is 10.8. The van der Waals surface area contributed by atoms with E-state index in [1.165, 1.54) is 17.0 Å². The number of hydrogen-bond donors (Lipinski definition) is 1. The number of rotatable bonds is 3. The van der Waals surface area contributed by atoms with Gasteiger partial charge in [0.2, 0.25) is 4.77 Å². The number of aryl methyl sites for hydroxylation is 2. The standard InChI is InChI=1S/C11H11N5O2S/c1-7-3-4-9(5-10(7)16(17)18)6-12-15-8(2)13-14-11(15)19/h3-6H,1-2H3,(H,14,19)/b12-6-. The van der Waals surface area contributed by atoms with Crippen molar-refractivity contribution >= 4 is 24.1 Å². The van der Waals surface area contributed by atoms with Gasteiger partial charge in [-0.3, -0.25) is 15.2 Å². The SMILES string of the molecule is Cc1ccc(/C=N\n2c(C)n[nH]c2=S)cc1[N+](=O)[O-]. The van der Waals surface area contributed by atoms with Gasteiger partial charge in [-0.2, -0.15) is 14.9 Å². The second kappa shape index (κ2) is 5.11. The van der Waals surface area contributed by atoms with Crippen molar-refractivity contribution in [1.82, 2.24) is 14.9 Å². The third-order valence-electron chi connectivity index (χ3n) is 2.56. The Balaban J connectivity index is 2.37. The molecule has 0 amide bonds. The van der Waals surface area contributed by atoms with Crippen LogP contribution >= 0.6 is 12.2 Å². The summed E-state index contributed by atoms with van der Waals surface area (Å²) in [5, 5.41) is 21.5. The fraction of sp³-hybridized carbons (Fsp3) is 0.182. The van der Waals surface area contributed by atoms with Gasteiger partial charge in [0.25, 0.3) is 5.69 Å². The van der Waals surface area contributed by atoms with Crippen LogP contribution in [0.2, 0.25) is 0 Å². The number of aromatic amines is 1. The predicted octanol–water partition coefficient (Wildman–Crippen LogP) is 2.35. The van der Waals surface area contributed by atoms with E-state index in [-0.39, 0.29) is 5.69 Å². The summed E-state index contributed by atoms with van der Waals surface area (Å²) >= 11 is 5.00. The van der Waals surface area contributed by atoms with E-state index in [0.717, 1.165) is 0 Å². The highest BCUT2D eigenvalue weighted by Gasteiger charge is 2.10. The maximum atomic E-state index is 10.8. The van der Waals surface area contributed by atoms with Crippen LogP contribution in [-0.4, -0.2) is 26.0 Å². The summed E-state index contributed by atoms with van der Waals surface area (Å²) in [6.45, 7) is 3.44. The highest BCUT2D eigenvalue weighted by atomic mass is 32.1. The second-order valence-corrected chi connectivity index (χ2v) is 4.32. The summed E-state index contributed by atoms with van der Waals surface area (Å²) in [6.07, 6.45) is 1.50. The molecule has 19 heavy (non-hydrogen) atoms. The molecule has 1 heterocycles. The van der Waals surface area contributed by atoms with E-state index in [1.807, 2.05) is 0 Å². The summed E-state index contributed by atoms with van der Waals surface area (Å²) < 4.78 is 1.82. The molecule has 2 aromatic rings. The smallest absolute Gasteiger partial charge is 0.258 e. The van der Waals surface area contributed by atoms with E-state index in [0.29, 0.717) is 21.7 Å². The minimum absolute atomic E-state index is 0.0662. The summed E-state index contributed by atoms with van der Waals surface area (Å²) in [4.78, 5) is 10.4. The highest BCUT2D eigenvalue weighted by Crippen LogP contribution is 2.18. The minimum Gasteiger partial charge on any atom is -0.258 e. The van der Waals surface area contributed by atoms with Crippen molar-refractivity contribution in [2.45, 2.75) is 13.8 Å². The van der Waals surface area contributed by atoms with Crippen LogP contribution < -0.4 is 0 Å². The molecule has 0 unspecified atom stereocenters. The Labute approximate surface area is 113 Å². The number of hydrogen-bond acceptors (Lipinski definition) is 5. The monoisotopic (exact) mass is 277 g/mol. The summed E-state index contributed by atoms with van der Waals surface area (Å²) in [5.41, 5.74) is 1.30. The van der Waals surface area contributed by atoms with Gasteiger partial charge in [-0.1, -0.05) is 12.1 Å². The molecular formula is C11H11N5O2S. The molecule has 0 saturated carbocycles. The summed E-state index contributed by atoms with van der Waals surface area (Å²) in [6, 6.07) is 4.91. The van der Waals surface area contributed by atoms with Crippen LogP contribution in [0.15, 0.2) is 23.3 Å². The van der Waals surface area contributed by atoms with Crippen LogP contribution in [0.25, 0.3) is 0 Å². The lowest BCUT2D eigenvalue weighted by atomic mass is 10.1. The van der Waals surface area contributed by atoms with Crippen LogP contribution in [0.1, 0.15) is 17.0 Å². The number of nitrogens with one attached hydrogen (secondary N) is 1. The first-order valence-corrected chi connectivity index (χ1v) is 5.83. The van der Waals surface area contributed by atoms with Crippen molar-refractivity contribution in [1.29, 1.82) is 0 Å². The van der Waals surface area contributed by atoms with Crippen molar-refractivity contribution in [2.75, 3.05) is 0 Å². The van der Waals surface area contributed by atoms with Gasteiger partial charge >= 0.3 is 0 Å². The number of nitrogens with zero attached hydrogens (tertiary/aromatic N) is 4. The van der Waals surface area contributed by atoms with Gasteiger partial charge in [-0.05, 0) is 26.1 Å². The first-order chi connectivity index (χ1) is 8.99. The van der Waals surface area contributed by atoms with Crippen LogP contribution in [-0.2, 0) is 0 Å². The molecule has 0 radical (unpaired) electrons. The van der Waals surface area contributed by atoms with Crippen molar-refractivity contribution in [3.63, 3.8) is 0 Å². The number of nitro groups is 1. The quantitative estimate of drug-likeness (QED) is 0.403. The number of aromatic nitrogens is 3. The molecule has 1 aromatic carbocycles. The van der Waals surface area contributed by atoms with Crippen molar-refractivity contribution in [3.05, 3.63) is 50.0 Å². The van der Waals surface area contributed by atoms with Gasteiger partial charge in [0.1, 0.15) is 5.82 Å². The maximum Gasteiger partial charge on any atom is 0.272 e. The van der Waals surface area contributed by atoms with Gasteiger partial charge in [0, 0.05) is 17.2 Å². The Hall–Kier alpha value is -2.35. The topological polar surface area (TPSA) is 89.1 Å². The first-order valence-electron chi connectivity index (χ1n) is 5.42. The predicted molar refractivity (Wildman–Crippen MR) is 73.0 cm³/mol. The van der Waals surface area contributed by atoms with E-state index < -0.39 is 4.92 Å². The largest absolute Gasteiger partial charge is 0.272 e. The van der Waals surface area contributed by atoms with E-state index >= 15 is 0 Å². The summed E-state index contributed by atoms with van der Waals surface area (Å²) in [7, 11) is 0. The molecule has 0 fully saturated rings. The second-order valence-electron chi connectivity index (χ2n) is 3.94. The molecule has 0 spiro atoms. The number of nitro benzene ring substituents is 1. The fourth-order valence-electron chi connectivity index (χ4n) is 1.53. The van der Waals surface area contributed by atoms with Gasteiger partial charge in [-0.15, -0.1) is 0 Å². The first kappa shape index (κ1) is 13.1. The fourth-order valence-corrected chi connectivity index (χ4v) is 1.76. The van der Waals surface area contributed by atoms with Crippen LogP contribution in [0, 0.1) is 28.7 Å². The molecule has 8 heteroatoms. The Morgan fingerprint density at radius 2 is 2.26 bits per heavy atom. The molecule has 1 aromatic heterocycles. The van der Waals surface area contributed by atoms with Crippen LogP contribution in [0.5, 0.6) is 0 Å². The van der Waals surface area contributed by atoms with Crippen molar-refractivity contribution in [3.8, 4) is 0 Å². The van der Waals surface area contributed by atoms with E-state index in [9.17, 15) is 10.1 Å². The minimum atomic E-state index is -0.415. The Morgan fingerprint density at radius 3 is 2.84 bits per heavy atom. The van der Waals surface area contributed by atoms with Gasteiger partial charge in [0.05, 0.1) is 11.1 Å². The zero-order valence-corrected chi connectivity index (χ0v) is 11.1. The molecule has 2 rings (SSSR count). The average molecular weight is 277 g/mol. The highest BCUT2D eigenvalue weighted by molar-refractivity contribution is 7.71. The Morgan fingerprint density at radius 1 is 1.53 bits per heavy atom. The molecule has 0 aliphatic heterocycles. The molecule has 0 saturated heterocycles. The molecule has 0 aliphatic carbocycles. The van der Waals surface area contributed by atoms with Gasteiger partial charge in [0.15, 0.2) is 0 Å². The summed E-state index contributed by atoms with van der Waals surface area (Å²) in [5.74, 6) is 0.614. The molecule has 1 N–H and O–H groups in total. The molecular weight excluding hydrogens is 266 g/mol. The number of benzene rings is 1. The van der Waals surface area contributed by atoms with E-state index in [1.54, 1.807) is 26.0 Å². The lowest BCUT2D eigenvalue weighted by molar-refractivity contribution is -0.385. The lowest BCUT2D eigenvalue weighted by Crippen LogP contribution is -1.96. The Kier molecular flexibility index (Phi) is 3.52. The normalized spacial score (nSPS) is 11.1. The molecule has 7 nitrogen and oxygen atoms in total. The molecule has 0 atom stereocenters. The third kappa shape index (κ3) is 2.74. The van der Waals surface area contributed by atoms with Gasteiger partial charge in [-0.25, -0.2) is 0 Å². The zero-order valence-electron chi connectivity index (χ0n) is 10.3. The van der Waals surface area contributed by atoms with Crippen LogP contribution in [0.4, 0.5) is 5.69 Å². The Bertz CT molecular complexity index is 716. The lowest BCUT2D eigenvalue weighted by Gasteiger charge is -1.98.